The molecule has 4 nitrogen and oxygen atoms in total. The standard InChI is InChI=1S/C25H33FN2O2S/c1-6-22(24(30)27-25(3,4)5)28(15-19-11-13-21(26)14-12-19)23(29)17-31-16-20-9-7-18(2)8-10-20/h7-14,22H,6,15-17H2,1-5H3,(H,27,30)/t22-/m0/s1. The van der Waals surface area contributed by atoms with Gasteiger partial charge in [0, 0.05) is 17.8 Å². The first-order valence-corrected chi connectivity index (χ1v) is 11.7. The summed E-state index contributed by atoms with van der Waals surface area (Å²) in [5.41, 5.74) is 2.76. The summed E-state index contributed by atoms with van der Waals surface area (Å²) >= 11 is 1.53. The van der Waals surface area contributed by atoms with Crippen molar-refractivity contribution in [1.82, 2.24) is 10.2 Å². The van der Waals surface area contributed by atoms with Gasteiger partial charge in [-0.3, -0.25) is 9.59 Å². The van der Waals surface area contributed by atoms with Crippen molar-refractivity contribution in [2.24, 2.45) is 0 Å². The van der Waals surface area contributed by atoms with Crippen LogP contribution in [0.1, 0.15) is 50.8 Å². The first-order valence-electron chi connectivity index (χ1n) is 10.6. The number of rotatable bonds is 9. The van der Waals surface area contributed by atoms with E-state index < -0.39 is 11.6 Å². The molecule has 0 heterocycles. The number of thioether (sulfide) groups is 1. The van der Waals surface area contributed by atoms with Crippen molar-refractivity contribution in [3.05, 3.63) is 71.0 Å². The molecule has 0 aliphatic heterocycles. The fraction of sp³-hybridized carbons (Fsp3) is 0.440. The number of halogens is 1. The lowest BCUT2D eigenvalue weighted by atomic mass is 10.1. The summed E-state index contributed by atoms with van der Waals surface area (Å²) in [6, 6.07) is 13.7. The molecule has 2 aromatic carbocycles. The van der Waals surface area contributed by atoms with Crippen LogP contribution in [0.15, 0.2) is 48.5 Å². The van der Waals surface area contributed by atoms with E-state index in [1.807, 2.05) is 34.6 Å². The zero-order valence-electron chi connectivity index (χ0n) is 19.1. The lowest BCUT2D eigenvalue weighted by Gasteiger charge is -2.33. The Morgan fingerprint density at radius 1 is 1.03 bits per heavy atom. The zero-order valence-corrected chi connectivity index (χ0v) is 19.9. The van der Waals surface area contributed by atoms with Gasteiger partial charge in [-0.1, -0.05) is 48.9 Å². The van der Waals surface area contributed by atoms with Crippen molar-refractivity contribution in [3.63, 3.8) is 0 Å². The highest BCUT2D eigenvalue weighted by Gasteiger charge is 2.30. The monoisotopic (exact) mass is 444 g/mol. The summed E-state index contributed by atoms with van der Waals surface area (Å²) in [6.45, 7) is 9.96. The van der Waals surface area contributed by atoms with Crippen LogP contribution in [-0.2, 0) is 21.9 Å². The fourth-order valence-corrected chi connectivity index (χ4v) is 4.05. The van der Waals surface area contributed by atoms with Gasteiger partial charge < -0.3 is 10.2 Å². The largest absolute Gasteiger partial charge is 0.350 e. The Morgan fingerprint density at radius 2 is 1.61 bits per heavy atom. The molecule has 0 aliphatic carbocycles. The number of nitrogens with one attached hydrogen (secondary N) is 1. The number of carbonyl (C=O) groups is 2. The highest BCUT2D eigenvalue weighted by atomic mass is 32.2. The normalized spacial score (nSPS) is 12.3. The van der Waals surface area contributed by atoms with E-state index in [9.17, 15) is 14.0 Å². The average Bonchev–Trinajstić information content (AvgIpc) is 2.69. The second-order valence-corrected chi connectivity index (χ2v) is 9.78. The number of hydrogen-bond acceptors (Lipinski definition) is 3. The maximum atomic E-state index is 13.3. The maximum Gasteiger partial charge on any atom is 0.243 e. The molecule has 0 aromatic heterocycles. The van der Waals surface area contributed by atoms with Gasteiger partial charge in [0.05, 0.1) is 5.75 Å². The highest BCUT2D eigenvalue weighted by Crippen LogP contribution is 2.18. The van der Waals surface area contributed by atoms with Crippen molar-refractivity contribution < 1.29 is 14.0 Å². The van der Waals surface area contributed by atoms with Crippen molar-refractivity contribution in [1.29, 1.82) is 0 Å². The van der Waals surface area contributed by atoms with Gasteiger partial charge in [-0.05, 0) is 57.4 Å². The lowest BCUT2D eigenvalue weighted by molar-refractivity contribution is -0.140. The molecule has 0 fully saturated rings. The van der Waals surface area contributed by atoms with Gasteiger partial charge in [0.25, 0.3) is 0 Å². The van der Waals surface area contributed by atoms with Gasteiger partial charge in [-0.15, -0.1) is 11.8 Å². The lowest BCUT2D eigenvalue weighted by Crippen LogP contribution is -2.53. The van der Waals surface area contributed by atoms with Crippen LogP contribution in [0.3, 0.4) is 0 Å². The Hall–Kier alpha value is -2.34. The fourth-order valence-electron chi connectivity index (χ4n) is 3.18. The first-order chi connectivity index (χ1) is 14.6. The van der Waals surface area contributed by atoms with E-state index in [2.05, 4.69) is 29.6 Å². The molecule has 31 heavy (non-hydrogen) atoms. The molecule has 0 bridgehead atoms. The third-order valence-electron chi connectivity index (χ3n) is 4.77. The van der Waals surface area contributed by atoms with Gasteiger partial charge >= 0.3 is 0 Å². The van der Waals surface area contributed by atoms with Crippen LogP contribution in [0.4, 0.5) is 4.39 Å². The molecule has 0 saturated heterocycles. The summed E-state index contributed by atoms with van der Waals surface area (Å²) in [6.07, 6.45) is 0.497. The van der Waals surface area contributed by atoms with Crippen molar-refractivity contribution in [2.75, 3.05) is 5.75 Å². The SMILES string of the molecule is CC[C@@H](C(=O)NC(C)(C)C)N(Cc1ccc(F)cc1)C(=O)CSCc1ccc(C)cc1. The van der Waals surface area contributed by atoms with Crippen LogP contribution >= 0.6 is 11.8 Å². The Kier molecular flexibility index (Phi) is 9.11. The third-order valence-corrected chi connectivity index (χ3v) is 5.75. The molecule has 1 atom stereocenters. The predicted octanol–water partition coefficient (Wildman–Crippen LogP) is 5.09. The molecular weight excluding hydrogens is 411 g/mol. The van der Waals surface area contributed by atoms with E-state index in [0.717, 1.165) is 16.9 Å². The van der Waals surface area contributed by atoms with Crippen LogP contribution in [0.25, 0.3) is 0 Å². The van der Waals surface area contributed by atoms with E-state index in [-0.39, 0.29) is 29.9 Å². The molecule has 6 heteroatoms. The summed E-state index contributed by atoms with van der Waals surface area (Å²) in [4.78, 5) is 27.7. The Morgan fingerprint density at radius 3 is 2.16 bits per heavy atom. The first kappa shape index (κ1) is 24.9. The van der Waals surface area contributed by atoms with Gasteiger partial charge in [-0.2, -0.15) is 0 Å². The molecule has 0 radical (unpaired) electrons. The van der Waals surface area contributed by atoms with E-state index >= 15 is 0 Å². The average molecular weight is 445 g/mol. The van der Waals surface area contributed by atoms with Gasteiger partial charge in [0.2, 0.25) is 11.8 Å². The molecule has 0 aliphatic rings. The van der Waals surface area contributed by atoms with Crippen LogP contribution in [0, 0.1) is 12.7 Å². The van der Waals surface area contributed by atoms with Crippen molar-refractivity contribution >= 4 is 23.6 Å². The number of aryl methyl sites for hydroxylation is 1. The van der Waals surface area contributed by atoms with E-state index in [1.165, 1.54) is 29.5 Å². The smallest absolute Gasteiger partial charge is 0.243 e. The minimum Gasteiger partial charge on any atom is -0.350 e. The summed E-state index contributed by atoms with van der Waals surface area (Å²) in [7, 11) is 0. The van der Waals surface area contributed by atoms with Crippen LogP contribution in [0.2, 0.25) is 0 Å². The Labute approximate surface area is 189 Å². The molecule has 2 aromatic rings. The van der Waals surface area contributed by atoms with E-state index in [0.29, 0.717) is 6.42 Å². The summed E-state index contributed by atoms with van der Waals surface area (Å²) < 4.78 is 13.3. The minimum atomic E-state index is -0.586. The second kappa shape index (κ2) is 11.3. The van der Waals surface area contributed by atoms with Crippen molar-refractivity contribution in [3.8, 4) is 0 Å². The topological polar surface area (TPSA) is 49.4 Å². The van der Waals surface area contributed by atoms with Crippen molar-refractivity contribution in [2.45, 2.75) is 64.9 Å². The predicted molar refractivity (Wildman–Crippen MR) is 126 cm³/mol. The molecule has 2 amide bonds. The number of carbonyl (C=O) groups excluding carboxylic acids is 2. The highest BCUT2D eigenvalue weighted by molar-refractivity contribution is 7.99. The second-order valence-electron chi connectivity index (χ2n) is 8.79. The quantitative estimate of drug-likeness (QED) is 0.586. The minimum absolute atomic E-state index is 0.0997. The number of amides is 2. The Balaban J connectivity index is 2.14. The maximum absolute atomic E-state index is 13.3. The molecule has 168 valence electrons. The van der Waals surface area contributed by atoms with Crippen LogP contribution in [0.5, 0.6) is 0 Å². The van der Waals surface area contributed by atoms with Crippen LogP contribution in [-0.4, -0.2) is 34.0 Å². The molecule has 2 rings (SSSR count). The molecule has 0 unspecified atom stereocenters. The van der Waals surface area contributed by atoms with Gasteiger partial charge in [0.15, 0.2) is 0 Å². The number of hydrogen-bond donors (Lipinski definition) is 1. The number of benzene rings is 2. The third kappa shape index (κ3) is 8.37. The van der Waals surface area contributed by atoms with E-state index in [4.69, 9.17) is 0 Å². The zero-order chi connectivity index (χ0) is 23.0. The van der Waals surface area contributed by atoms with Gasteiger partial charge in [-0.25, -0.2) is 4.39 Å². The van der Waals surface area contributed by atoms with Gasteiger partial charge in [0.1, 0.15) is 11.9 Å². The molecular formula is C25H33FN2O2S. The summed E-state index contributed by atoms with van der Waals surface area (Å²) in [5.74, 6) is 0.398. The molecule has 0 saturated carbocycles. The molecule has 0 spiro atoms. The van der Waals surface area contributed by atoms with E-state index in [1.54, 1.807) is 17.0 Å². The van der Waals surface area contributed by atoms with Crippen LogP contribution < -0.4 is 5.32 Å². The Bertz CT molecular complexity index is 861. The number of nitrogens with zero attached hydrogens (tertiary/aromatic N) is 1. The summed E-state index contributed by atoms with van der Waals surface area (Å²) in [5, 5.41) is 2.99. The molecule has 1 N–H and O–H groups in total.